The van der Waals surface area contributed by atoms with E-state index in [0.29, 0.717) is 13.0 Å². The molecular weight excluding hydrogens is 270 g/mol. The van der Waals surface area contributed by atoms with Crippen LogP contribution in [-0.4, -0.2) is 42.4 Å². The Morgan fingerprint density at radius 2 is 2.00 bits per heavy atom. The van der Waals surface area contributed by atoms with Crippen LogP contribution in [0, 0.1) is 5.92 Å². The molecule has 1 heterocycles. The van der Waals surface area contributed by atoms with E-state index in [1.165, 1.54) is 6.42 Å². The molecule has 1 aliphatic heterocycles. The van der Waals surface area contributed by atoms with Crippen molar-refractivity contribution in [3.63, 3.8) is 0 Å². The van der Waals surface area contributed by atoms with Crippen molar-refractivity contribution in [1.29, 1.82) is 0 Å². The molecule has 1 saturated heterocycles. The fourth-order valence-corrected chi connectivity index (χ4v) is 2.40. The molecule has 21 heavy (non-hydrogen) atoms. The molecule has 0 aromatic heterocycles. The summed E-state index contributed by atoms with van der Waals surface area (Å²) in [5.41, 5.74) is 8.53. The van der Waals surface area contributed by atoms with E-state index in [0.717, 1.165) is 32.4 Å². The van der Waals surface area contributed by atoms with Gasteiger partial charge in [0.2, 0.25) is 11.8 Å². The highest BCUT2D eigenvalue weighted by Gasteiger charge is 2.23. The molecule has 0 spiro atoms. The largest absolute Gasteiger partial charge is 0.355 e. The molecule has 0 radical (unpaired) electrons. The zero-order chi connectivity index (χ0) is 15.7. The van der Waals surface area contributed by atoms with E-state index < -0.39 is 6.04 Å². The van der Waals surface area contributed by atoms with Crippen LogP contribution in [-0.2, 0) is 9.59 Å². The van der Waals surface area contributed by atoms with Crippen molar-refractivity contribution < 1.29 is 9.59 Å². The standard InChI is InChI=1S/C14H25N5O2/c1-3-11(2)13(17-18-15)14(21)16-8-7-12(20)19-9-5-4-6-10-19/h11,13H,3-10H2,1-2H3,(H,16,21)/t11-,13-/m0/s1. The number of carbonyl (C=O) groups is 2. The summed E-state index contributed by atoms with van der Waals surface area (Å²) >= 11 is 0. The Kier molecular flexibility index (Phi) is 7.61. The molecule has 1 aliphatic rings. The Labute approximate surface area is 125 Å². The minimum absolute atomic E-state index is 0.0151. The second-order valence-corrected chi connectivity index (χ2v) is 5.52. The molecule has 7 nitrogen and oxygen atoms in total. The Morgan fingerprint density at radius 3 is 2.57 bits per heavy atom. The molecule has 0 aliphatic carbocycles. The summed E-state index contributed by atoms with van der Waals surface area (Å²) in [6, 6.07) is -0.704. The lowest BCUT2D eigenvalue weighted by atomic mass is 9.99. The summed E-state index contributed by atoms with van der Waals surface area (Å²) < 4.78 is 0. The summed E-state index contributed by atoms with van der Waals surface area (Å²) in [6.45, 7) is 5.75. The van der Waals surface area contributed by atoms with Gasteiger partial charge in [0.25, 0.3) is 0 Å². The Balaban J connectivity index is 2.37. The molecule has 0 aromatic carbocycles. The first kappa shape index (κ1) is 17.3. The summed E-state index contributed by atoms with van der Waals surface area (Å²) in [4.78, 5) is 28.5. The molecular formula is C14H25N5O2. The van der Waals surface area contributed by atoms with Gasteiger partial charge in [-0.25, -0.2) is 0 Å². The number of nitrogens with zero attached hydrogens (tertiary/aromatic N) is 4. The number of nitrogens with one attached hydrogen (secondary N) is 1. The van der Waals surface area contributed by atoms with Crippen LogP contribution in [0.4, 0.5) is 0 Å². The van der Waals surface area contributed by atoms with E-state index in [1.54, 1.807) is 0 Å². The van der Waals surface area contributed by atoms with Crippen LogP contribution < -0.4 is 5.32 Å². The minimum atomic E-state index is -0.704. The summed E-state index contributed by atoms with van der Waals surface area (Å²) in [6.07, 6.45) is 4.36. The van der Waals surface area contributed by atoms with Crippen molar-refractivity contribution in [3.8, 4) is 0 Å². The number of likely N-dealkylation sites (tertiary alicyclic amines) is 1. The van der Waals surface area contributed by atoms with Gasteiger partial charge in [0.15, 0.2) is 0 Å². The predicted molar refractivity (Wildman–Crippen MR) is 80.4 cm³/mol. The Morgan fingerprint density at radius 1 is 1.33 bits per heavy atom. The van der Waals surface area contributed by atoms with Crippen molar-refractivity contribution in [2.75, 3.05) is 19.6 Å². The molecule has 1 rings (SSSR count). The number of carbonyl (C=O) groups excluding carboxylic acids is 2. The van der Waals surface area contributed by atoms with Gasteiger partial charge >= 0.3 is 0 Å². The number of rotatable bonds is 7. The quantitative estimate of drug-likeness (QED) is 0.442. The molecule has 0 bridgehead atoms. The maximum absolute atomic E-state index is 12.0. The molecule has 1 N–H and O–H groups in total. The second-order valence-electron chi connectivity index (χ2n) is 5.52. The first-order valence-corrected chi connectivity index (χ1v) is 7.69. The smallest absolute Gasteiger partial charge is 0.229 e. The molecule has 118 valence electrons. The van der Waals surface area contributed by atoms with Crippen molar-refractivity contribution >= 4 is 11.8 Å². The highest BCUT2D eigenvalue weighted by Crippen LogP contribution is 2.12. The van der Waals surface area contributed by atoms with Crippen LogP contribution in [0.15, 0.2) is 5.11 Å². The van der Waals surface area contributed by atoms with Gasteiger partial charge in [-0.3, -0.25) is 9.59 Å². The monoisotopic (exact) mass is 295 g/mol. The first-order valence-electron chi connectivity index (χ1n) is 7.69. The van der Waals surface area contributed by atoms with E-state index in [2.05, 4.69) is 15.3 Å². The van der Waals surface area contributed by atoms with Crippen LogP contribution in [0.25, 0.3) is 10.4 Å². The van der Waals surface area contributed by atoms with E-state index in [1.807, 2.05) is 18.7 Å². The van der Waals surface area contributed by atoms with E-state index >= 15 is 0 Å². The van der Waals surface area contributed by atoms with Crippen LogP contribution in [0.1, 0.15) is 46.0 Å². The Bertz CT molecular complexity index is 400. The van der Waals surface area contributed by atoms with Crippen LogP contribution in [0.2, 0.25) is 0 Å². The summed E-state index contributed by atoms with van der Waals surface area (Å²) in [7, 11) is 0. The highest BCUT2D eigenvalue weighted by atomic mass is 16.2. The molecule has 7 heteroatoms. The van der Waals surface area contributed by atoms with Gasteiger partial charge < -0.3 is 10.2 Å². The van der Waals surface area contributed by atoms with Gasteiger partial charge in [0.05, 0.1) is 0 Å². The normalized spacial score (nSPS) is 17.5. The first-order chi connectivity index (χ1) is 10.1. The van der Waals surface area contributed by atoms with Crippen molar-refractivity contribution in [2.24, 2.45) is 11.0 Å². The average Bonchev–Trinajstić information content (AvgIpc) is 2.52. The molecule has 2 atom stereocenters. The lowest BCUT2D eigenvalue weighted by Crippen LogP contribution is -2.41. The molecule has 0 saturated carbocycles. The summed E-state index contributed by atoms with van der Waals surface area (Å²) in [5.74, 6) is -0.230. The molecule has 1 fully saturated rings. The third-order valence-corrected chi connectivity index (χ3v) is 3.97. The van der Waals surface area contributed by atoms with Crippen molar-refractivity contribution in [1.82, 2.24) is 10.2 Å². The van der Waals surface area contributed by atoms with Crippen molar-refractivity contribution in [2.45, 2.75) is 52.0 Å². The fourth-order valence-electron chi connectivity index (χ4n) is 2.40. The van der Waals surface area contributed by atoms with E-state index in [4.69, 9.17) is 5.53 Å². The van der Waals surface area contributed by atoms with Gasteiger partial charge in [-0.05, 0) is 30.7 Å². The minimum Gasteiger partial charge on any atom is -0.355 e. The number of piperidine rings is 1. The topological polar surface area (TPSA) is 98.2 Å². The maximum Gasteiger partial charge on any atom is 0.229 e. The molecule has 0 aromatic rings. The van der Waals surface area contributed by atoms with E-state index in [9.17, 15) is 9.59 Å². The third-order valence-electron chi connectivity index (χ3n) is 3.97. The van der Waals surface area contributed by atoms with Crippen molar-refractivity contribution in [3.05, 3.63) is 10.4 Å². The SMILES string of the molecule is CC[C@H](C)[C@H](N=[N+]=[N-])C(=O)NCCC(=O)N1CCCCC1. The zero-order valence-corrected chi connectivity index (χ0v) is 12.9. The lowest BCUT2D eigenvalue weighted by Gasteiger charge is -2.26. The molecule has 2 amide bonds. The molecule has 0 unspecified atom stereocenters. The van der Waals surface area contributed by atoms with Crippen LogP contribution in [0.3, 0.4) is 0 Å². The predicted octanol–water partition coefficient (Wildman–Crippen LogP) is 2.23. The second kappa shape index (κ2) is 9.23. The van der Waals surface area contributed by atoms with Gasteiger partial charge in [0.1, 0.15) is 6.04 Å². The van der Waals surface area contributed by atoms with E-state index in [-0.39, 0.29) is 17.7 Å². The number of hydrogen-bond acceptors (Lipinski definition) is 3. The Hall–Kier alpha value is -1.75. The van der Waals surface area contributed by atoms with Crippen LogP contribution in [0.5, 0.6) is 0 Å². The van der Waals surface area contributed by atoms with Gasteiger partial charge in [-0.2, -0.15) is 0 Å². The highest BCUT2D eigenvalue weighted by molar-refractivity contribution is 5.83. The number of azide groups is 1. The van der Waals surface area contributed by atoms with Gasteiger partial charge in [0, 0.05) is 31.0 Å². The van der Waals surface area contributed by atoms with Gasteiger partial charge in [-0.1, -0.05) is 25.4 Å². The fraction of sp³-hybridized carbons (Fsp3) is 0.857. The average molecular weight is 295 g/mol. The maximum atomic E-state index is 12.0. The number of hydrogen-bond donors (Lipinski definition) is 1. The zero-order valence-electron chi connectivity index (χ0n) is 12.9. The summed E-state index contributed by atoms with van der Waals surface area (Å²) in [5, 5.41) is 6.26. The van der Waals surface area contributed by atoms with Crippen LogP contribution >= 0.6 is 0 Å². The lowest BCUT2D eigenvalue weighted by molar-refractivity contribution is -0.132. The van der Waals surface area contributed by atoms with Gasteiger partial charge in [-0.15, -0.1) is 0 Å². The third kappa shape index (κ3) is 5.63. The number of amides is 2.